The van der Waals surface area contributed by atoms with Gasteiger partial charge in [0.1, 0.15) is 5.75 Å². The summed E-state index contributed by atoms with van der Waals surface area (Å²) in [6.07, 6.45) is 5.37. The van der Waals surface area contributed by atoms with Crippen LogP contribution in [0.2, 0.25) is 0 Å². The first kappa shape index (κ1) is 26.5. The minimum atomic E-state index is -3.59. The number of carbonyl (C=O) groups is 1. The molecule has 0 bridgehead atoms. The molecule has 2 aliphatic rings. The lowest BCUT2D eigenvalue weighted by molar-refractivity contribution is -0.127. The van der Waals surface area contributed by atoms with Gasteiger partial charge in [0.2, 0.25) is 10.0 Å². The molecule has 0 radical (unpaired) electrons. The molecule has 1 amide bonds. The van der Waals surface area contributed by atoms with Gasteiger partial charge in [-0.25, -0.2) is 8.42 Å². The number of benzene rings is 2. The molecule has 196 valence electrons. The summed E-state index contributed by atoms with van der Waals surface area (Å²) in [4.78, 5) is 15.6. The van der Waals surface area contributed by atoms with Gasteiger partial charge in [0, 0.05) is 13.1 Å². The summed E-state index contributed by atoms with van der Waals surface area (Å²) in [5, 5.41) is 2.95. The quantitative estimate of drug-likeness (QED) is 0.626. The van der Waals surface area contributed by atoms with Crippen molar-refractivity contribution in [3.8, 4) is 5.75 Å². The van der Waals surface area contributed by atoms with Gasteiger partial charge in [-0.1, -0.05) is 63.9 Å². The molecule has 8 heteroatoms. The van der Waals surface area contributed by atoms with Crippen LogP contribution in [0, 0.1) is 0 Å². The minimum Gasteiger partial charge on any atom is -0.476 e. The van der Waals surface area contributed by atoms with Crippen molar-refractivity contribution in [2.75, 3.05) is 30.2 Å². The summed E-state index contributed by atoms with van der Waals surface area (Å²) >= 11 is 0. The normalized spacial score (nSPS) is 19.2. The van der Waals surface area contributed by atoms with Gasteiger partial charge in [0.15, 0.2) is 6.10 Å². The van der Waals surface area contributed by atoms with E-state index < -0.39 is 16.1 Å². The van der Waals surface area contributed by atoms with Crippen LogP contribution in [0.15, 0.2) is 42.5 Å². The minimum absolute atomic E-state index is 0.0553. The Morgan fingerprint density at radius 2 is 1.72 bits per heavy atom. The van der Waals surface area contributed by atoms with Crippen molar-refractivity contribution < 1.29 is 17.9 Å². The lowest BCUT2D eigenvalue weighted by Crippen LogP contribution is -2.50. The average molecular weight is 514 g/mol. The molecule has 1 saturated heterocycles. The van der Waals surface area contributed by atoms with Crippen molar-refractivity contribution >= 4 is 21.6 Å². The van der Waals surface area contributed by atoms with Crippen molar-refractivity contribution in [1.29, 1.82) is 0 Å². The fourth-order valence-corrected chi connectivity index (χ4v) is 5.77. The SMILES string of the molecule is CC(C)(C)c1ccc2c(c1)N(S(C)(=O)=O)CC(C(=O)NCc1cccc(CN3CCCCCC3)c1)O2. The number of carbonyl (C=O) groups excluding carboxylic acids is 1. The fraction of sp³-hybridized carbons (Fsp3) is 0.536. The zero-order valence-electron chi connectivity index (χ0n) is 21.9. The number of anilines is 1. The smallest absolute Gasteiger partial charge is 0.263 e. The van der Waals surface area contributed by atoms with Gasteiger partial charge < -0.3 is 10.1 Å². The van der Waals surface area contributed by atoms with E-state index in [4.69, 9.17) is 4.74 Å². The summed E-state index contributed by atoms with van der Waals surface area (Å²) in [5.74, 6) is 0.0754. The predicted octanol–water partition coefficient (Wildman–Crippen LogP) is 4.20. The molecule has 2 aliphatic heterocycles. The summed E-state index contributed by atoms with van der Waals surface area (Å²) in [6, 6.07) is 13.8. The third kappa shape index (κ3) is 6.59. The highest BCUT2D eigenvalue weighted by Gasteiger charge is 2.35. The lowest BCUT2D eigenvalue weighted by Gasteiger charge is -2.35. The third-order valence-electron chi connectivity index (χ3n) is 6.95. The summed E-state index contributed by atoms with van der Waals surface area (Å²) in [7, 11) is -3.59. The van der Waals surface area contributed by atoms with Crippen LogP contribution >= 0.6 is 0 Å². The Morgan fingerprint density at radius 1 is 1.03 bits per heavy atom. The van der Waals surface area contributed by atoms with E-state index in [1.807, 2.05) is 24.3 Å². The Balaban J connectivity index is 1.43. The van der Waals surface area contributed by atoms with E-state index in [1.165, 1.54) is 35.6 Å². The monoisotopic (exact) mass is 513 g/mol. The molecule has 36 heavy (non-hydrogen) atoms. The van der Waals surface area contributed by atoms with Crippen LogP contribution in [0.1, 0.15) is 63.1 Å². The molecule has 7 nitrogen and oxygen atoms in total. The molecular formula is C28H39N3O4S. The fourth-order valence-electron chi connectivity index (χ4n) is 4.86. The van der Waals surface area contributed by atoms with E-state index in [9.17, 15) is 13.2 Å². The van der Waals surface area contributed by atoms with E-state index in [0.717, 1.165) is 37.0 Å². The van der Waals surface area contributed by atoms with Crippen LogP contribution in [0.4, 0.5) is 5.69 Å². The van der Waals surface area contributed by atoms with Crippen molar-refractivity contribution in [2.45, 2.75) is 71.1 Å². The molecule has 2 aromatic carbocycles. The molecule has 4 rings (SSSR count). The molecule has 1 fully saturated rings. The summed E-state index contributed by atoms with van der Waals surface area (Å²) < 4.78 is 32.5. The highest BCUT2D eigenvalue weighted by molar-refractivity contribution is 7.92. The standard InChI is InChI=1S/C28H39N3O4S/c1-28(2,3)23-12-13-25-24(17-23)31(36(4,33)34)20-26(35-25)27(32)29-18-21-10-9-11-22(16-21)19-30-14-7-5-6-8-15-30/h9-13,16-17,26H,5-8,14-15,18-20H2,1-4H3,(H,29,32). The highest BCUT2D eigenvalue weighted by Crippen LogP contribution is 2.38. The Bertz CT molecular complexity index is 1180. The zero-order valence-corrected chi connectivity index (χ0v) is 22.7. The van der Waals surface area contributed by atoms with Gasteiger partial charge in [0.05, 0.1) is 18.5 Å². The number of sulfonamides is 1. The van der Waals surface area contributed by atoms with E-state index in [2.05, 4.69) is 43.1 Å². The largest absolute Gasteiger partial charge is 0.476 e. The van der Waals surface area contributed by atoms with Gasteiger partial charge in [0.25, 0.3) is 5.91 Å². The number of fused-ring (bicyclic) bond motifs is 1. The van der Waals surface area contributed by atoms with Crippen LogP contribution < -0.4 is 14.4 Å². The molecule has 1 N–H and O–H groups in total. The molecule has 1 unspecified atom stereocenters. The molecule has 0 aliphatic carbocycles. The van der Waals surface area contributed by atoms with Crippen molar-refractivity contribution in [2.24, 2.45) is 0 Å². The lowest BCUT2D eigenvalue weighted by atomic mass is 9.86. The zero-order chi connectivity index (χ0) is 25.9. The van der Waals surface area contributed by atoms with Crippen LogP contribution in [-0.4, -0.2) is 51.2 Å². The third-order valence-corrected chi connectivity index (χ3v) is 8.10. The van der Waals surface area contributed by atoms with E-state index >= 15 is 0 Å². The molecule has 2 heterocycles. The number of likely N-dealkylation sites (tertiary alicyclic amines) is 1. The Morgan fingerprint density at radius 3 is 2.39 bits per heavy atom. The molecule has 2 aromatic rings. The van der Waals surface area contributed by atoms with Crippen LogP contribution in [0.25, 0.3) is 0 Å². The second kappa shape index (κ2) is 10.8. The van der Waals surface area contributed by atoms with Crippen molar-refractivity contribution in [1.82, 2.24) is 10.2 Å². The first-order valence-corrected chi connectivity index (χ1v) is 14.7. The van der Waals surface area contributed by atoms with Gasteiger partial charge in [-0.05, 0) is 60.2 Å². The average Bonchev–Trinajstić information content (AvgIpc) is 3.09. The van der Waals surface area contributed by atoms with Gasteiger partial charge in [-0.15, -0.1) is 0 Å². The van der Waals surface area contributed by atoms with E-state index in [1.54, 1.807) is 6.07 Å². The number of hydrogen-bond donors (Lipinski definition) is 1. The molecule has 0 aromatic heterocycles. The second-order valence-corrected chi connectivity index (χ2v) is 13.0. The Hall–Kier alpha value is -2.58. The maximum atomic E-state index is 13.1. The first-order chi connectivity index (χ1) is 17.0. The van der Waals surface area contributed by atoms with Crippen LogP contribution in [-0.2, 0) is 33.3 Å². The molecule has 1 atom stereocenters. The second-order valence-electron chi connectivity index (χ2n) is 11.1. The maximum Gasteiger partial charge on any atom is 0.263 e. The molecular weight excluding hydrogens is 474 g/mol. The van der Waals surface area contributed by atoms with Crippen LogP contribution in [0.5, 0.6) is 5.75 Å². The number of ether oxygens (including phenoxy) is 1. The highest BCUT2D eigenvalue weighted by atomic mass is 32.2. The Kier molecular flexibility index (Phi) is 7.95. The van der Waals surface area contributed by atoms with Crippen molar-refractivity contribution in [3.63, 3.8) is 0 Å². The number of hydrogen-bond acceptors (Lipinski definition) is 5. The van der Waals surface area contributed by atoms with Gasteiger partial charge in [-0.3, -0.25) is 14.0 Å². The first-order valence-electron chi connectivity index (χ1n) is 12.9. The van der Waals surface area contributed by atoms with E-state index in [-0.39, 0.29) is 17.9 Å². The van der Waals surface area contributed by atoms with Crippen molar-refractivity contribution in [3.05, 3.63) is 59.2 Å². The van der Waals surface area contributed by atoms with Gasteiger partial charge >= 0.3 is 0 Å². The summed E-state index contributed by atoms with van der Waals surface area (Å²) in [6.45, 7) is 9.71. The van der Waals surface area contributed by atoms with Gasteiger partial charge in [-0.2, -0.15) is 0 Å². The predicted molar refractivity (Wildman–Crippen MR) is 144 cm³/mol. The Labute approximate surface area is 215 Å². The molecule has 0 saturated carbocycles. The molecule has 0 spiro atoms. The maximum absolute atomic E-state index is 13.1. The van der Waals surface area contributed by atoms with E-state index in [0.29, 0.717) is 18.0 Å². The number of nitrogens with one attached hydrogen (secondary N) is 1. The summed E-state index contributed by atoms with van der Waals surface area (Å²) in [5.41, 5.74) is 3.59. The number of nitrogens with zero attached hydrogens (tertiary/aromatic N) is 2. The number of amides is 1. The van der Waals surface area contributed by atoms with Crippen LogP contribution in [0.3, 0.4) is 0 Å². The number of rotatable bonds is 6. The topological polar surface area (TPSA) is 79.0 Å².